The molecule has 1 aromatic heterocycles. The van der Waals surface area contributed by atoms with Crippen molar-refractivity contribution in [3.8, 4) is 0 Å². The van der Waals surface area contributed by atoms with Crippen molar-refractivity contribution < 1.29 is 9.59 Å². The highest BCUT2D eigenvalue weighted by molar-refractivity contribution is 7.09. The molecule has 1 aliphatic heterocycles. The van der Waals surface area contributed by atoms with Gasteiger partial charge in [0.1, 0.15) is 0 Å². The molecule has 1 aromatic rings. The van der Waals surface area contributed by atoms with Crippen molar-refractivity contribution in [1.82, 2.24) is 15.2 Å². The molecule has 0 bridgehead atoms. The molecule has 1 saturated heterocycles. The maximum absolute atomic E-state index is 11.9. The number of piperazine rings is 1. The van der Waals surface area contributed by atoms with Crippen LogP contribution in [0, 0.1) is 0 Å². The van der Waals surface area contributed by atoms with Crippen molar-refractivity contribution in [3.63, 3.8) is 0 Å². The predicted molar refractivity (Wildman–Crippen MR) is 59.8 cm³/mol. The number of thiazole rings is 1. The van der Waals surface area contributed by atoms with Gasteiger partial charge in [-0.2, -0.15) is 0 Å². The highest BCUT2D eigenvalue weighted by Gasteiger charge is 2.32. The monoisotopic (exact) mass is 239 g/mol. The number of hydrogen-bond donors (Lipinski definition) is 1. The van der Waals surface area contributed by atoms with Gasteiger partial charge in [-0.05, 0) is 6.42 Å². The van der Waals surface area contributed by atoms with Crippen LogP contribution in [0.3, 0.4) is 0 Å². The van der Waals surface area contributed by atoms with Crippen LogP contribution in [-0.2, 0) is 16.1 Å². The lowest BCUT2D eigenvalue weighted by Crippen LogP contribution is -2.57. The van der Waals surface area contributed by atoms with E-state index in [1.54, 1.807) is 11.7 Å². The summed E-state index contributed by atoms with van der Waals surface area (Å²) in [5, 5.41) is 2.92. The van der Waals surface area contributed by atoms with E-state index in [2.05, 4.69) is 10.3 Å². The molecule has 0 aliphatic carbocycles. The Hall–Kier alpha value is -1.27. The second-order valence-electron chi connectivity index (χ2n) is 3.63. The lowest BCUT2D eigenvalue weighted by atomic mass is 10.1. The third-order valence-corrected chi connectivity index (χ3v) is 3.33. The minimum Gasteiger partial charge on any atom is -0.297 e. The van der Waals surface area contributed by atoms with Crippen LogP contribution in [0.1, 0.15) is 18.2 Å². The maximum Gasteiger partial charge on any atom is 0.246 e. The van der Waals surface area contributed by atoms with Gasteiger partial charge >= 0.3 is 0 Å². The number of amides is 2. The number of carbonyl (C=O) groups excluding carboxylic acids is 2. The molecule has 1 fully saturated rings. The first-order valence-electron chi connectivity index (χ1n) is 5.17. The first-order chi connectivity index (χ1) is 7.72. The number of aromatic nitrogens is 1. The van der Waals surface area contributed by atoms with E-state index in [0.29, 0.717) is 13.0 Å². The van der Waals surface area contributed by atoms with Crippen LogP contribution in [0.5, 0.6) is 0 Å². The molecule has 6 heteroatoms. The SMILES string of the molecule is CCC1NCC(=O)N(Cc2cncs2)C1=O. The molecule has 2 heterocycles. The van der Waals surface area contributed by atoms with Crippen molar-refractivity contribution in [1.29, 1.82) is 0 Å². The van der Waals surface area contributed by atoms with Crippen LogP contribution in [0.15, 0.2) is 11.7 Å². The number of imide groups is 1. The summed E-state index contributed by atoms with van der Waals surface area (Å²) in [6.45, 7) is 2.51. The average Bonchev–Trinajstić information content (AvgIpc) is 2.77. The number of nitrogens with one attached hydrogen (secondary N) is 1. The molecule has 2 amide bonds. The lowest BCUT2D eigenvalue weighted by Gasteiger charge is -2.30. The summed E-state index contributed by atoms with van der Waals surface area (Å²) in [5.41, 5.74) is 1.70. The van der Waals surface area contributed by atoms with Crippen molar-refractivity contribution in [2.75, 3.05) is 6.54 Å². The van der Waals surface area contributed by atoms with E-state index >= 15 is 0 Å². The molecule has 1 aliphatic rings. The largest absolute Gasteiger partial charge is 0.297 e. The van der Waals surface area contributed by atoms with Gasteiger partial charge in [-0.3, -0.25) is 24.8 Å². The highest BCUT2D eigenvalue weighted by Crippen LogP contribution is 2.13. The molecule has 0 spiro atoms. The van der Waals surface area contributed by atoms with E-state index in [4.69, 9.17) is 0 Å². The fourth-order valence-electron chi connectivity index (χ4n) is 1.67. The smallest absolute Gasteiger partial charge is 0.246 e. The molecule has 0 aromatic carbocycles. The summed E-state index contributed by atoms with van der Waals surface area (Å²) >= 11 is 1.45. The third-order valence-electron chi connectivity index (χ3n) is 2.57. The highest BCUT2D eigenvalue weighted by atomic mass is 32.1. The van der Waals surface area contributed by atoms with Gasteiger partial charge in [0.15, 0.2) is 0 Å². The van der Waals surface area contributed by atoms with E-state index in [1.807, 2.05) is 6.92 Å². The fourth-order valence-corrected chi connectivity index (χ4v) is 2.25. The summed E-state index contributed by atoms with van der Waals surface area (Å²) in [4.78, 5) is 29.7. The Bertz CT molecular complexity index is 391. The maximum atomic E-state index is 11.9. The van der Waals surface area contributed by atoms with Crippen molar-refractivity contribution >= 4 is 23.2 Å². The quantitative estimate of drug-likeness (QED) is 0.775. The Kier molecular flexibility index (Phi) is 3.31. The second-order valence-corrected chi connectivity index (χ2v) is 4.60. The standard InChI is InChI=1S/C10H13N3O2S/c1-2-8-10(15)13(9(14)4-12-8)5-7-3-11-6-16-7/h3,6,8,12H,2,4-5H2,1H3. The summed E-state index contributed by atoms with van der Waals surface area (Å²) < 4.78 is 0. The van der Waals surface area contributed by atoms with Crippen LogP contribution in [0.2, 0.25) is 0 Å². The molecule has 86 valence electrons. The molecular formula is C10H13N3O2S. The number of nitrogens with zero attached hydrogens (tertiary/aromatic N) is 2. The van der Waals surface area contributed by atoms with Gasteiger partial charge in [0, 0.05) is 11.1 Å². The molecule has 0 radical (unpaired) electrons. The Labute approximate surface area is 97.5 Å². The van der Waals surface area contributed by atoms with Gasteiger partial charge in [-0.15, -0.1) is 11.3 Å². The average molecular weight is 239 g/mol. The molecule has 5 nitrogen and oxygen atoms in total. The van der Waals surface area contributed by atoms with Crippen LogP contribution < -0.4 is 5.32 Å². The van der Waals surface area contributed by atoms with Crippen LogP contribution in [-0.4, -0.2) is 34.3 Å². The Morgan fingerprint density at radius 2 is 2.44 bits per heavy atom. The van der Waals surface area contributed by atoms with Crippen LogP contribution in [0.25, 0.3) is 0 Å². The molecule has 16 heavy (non-hydrogen) atoms. The zero-order chi connectivity index (χ0) is 11.5. The topological polar surface area (TPSA) is 62.3 Å². The van der Waals surface area contributed by atoms with Gasteiger partial charge in [-0.25, -0.2) is 0 Å². The summed E-state index contributed by atoms with van der Waals surface area (Å²) in [7, 11) is 0. The van der Waals surface area contributed by atoms with E-state index in [-0.39, 0.29) is 24.4 Å². The summed E-state index contributed by atoms with van der Waals surface area (Å²) in [5.74, 6) is -0.296. The minimum absolute atomic E-state index is 0.132. The van der Waals surface area contributed by atoms with Crippen molar-refractivity contribution in [2.45, 2.75) is 25.9 Å². The van der Waals surface area contributed by atoms with E-state index in [0.717, 1.165) is 4.88 Å². The Balaban J connectivity index is 2.11. The molecular weight excluding hydrogens is 226 g/mol. The number of carbonyl (C=O) groups is 2. The lowest BCUT2D eigenvalue weighted by molar-refractivity contribution is -0.150. The summed E-state index contributed by atoms with van der Waals surface area (Å²) in [6, 6.07) is -0.231. The Morgan fingerprint density at radius 3 is 3.06 bits per heavy atom. The predicted octanol–water partition coefficient (Wildman–Crippen LogP) is 0.380. The number of rotatable bonds is 3. The van der Waals surface area contributed by atoms with Gasteiger partial charge in [-0.1, -0.05) is 6.92 Å². The minimum atomic E-state index is -0.231. The molecule has 1 unspecified atom stereocenters. The van der Waals surface area contributed by atoms with Crippen LogP contribution >= 0.6 is 11.3 Å². The second kappa shape index (κ2) is 4.71. The fraction of sp³-hybridized carbons (Fsp3) is 0.500. The van der Waals surface area contributed by atoms with Gasteiger partial charge in [0.05, 0.1) is 24.6 Å². The van der Waals surface area contributed by atoms with Gasteiger partial charge in [0.2, 0.25) is 11.8 Å². The van der Waals surface area contributed by atoms with Gasteiger partial charge in [0.25, 0.3) is 0 Å². The third kappa shape index (κ3) is 2.12. The van der Waals surface area contributed by atoms with Crippen LogP contribution in [0.4, 0.5) is 0 Å². The van der Waals surface area contributed by atoms with E-state index in [9.17, 15) is 9.59 Å². The Morgan fingerprint density at radius 1 is 1.62 bits per heavy atom. The molecule has 2 rings (SSSR count). The zero-order valence-corrected chi connectivity index (χ0v) is 9.79. The van der Waals surface area contributed by atoms with E-state index in [1.165, 1.54) is 16.2 Å². The van der Waals surface area contributed by atoms with Crippen molar-refractivity contribution in [2.24, 2.45) is 0 Å². The normalized spacial score (nSPS) is 21.6. The first kappa shape index (κ1) is 11.2. The van der Waals surface area contributed by atoms with Gasteiger partial charge < -0.3 is 0 Å². The summed E-state index contributed by atoms with van der Waals surface area (Å²) in [6.07, 6.45) is 2.39. The number of hydrogen-bond acceptors (Lipinski definition) is 5. The molecule has 0 saturated carbocycles. The van der Waals surface area contributed by atoms with Crippen molar-refractivity contribution in [3.05, 3.63) is 16.6 Å². The van der Waals surface area contributed by atoms with E-state index < -0.39 is 0 Å². The molecule has 1 atom stereocenters. The molecule has 1 N–H and O–H groups in total. The first-order valence-corrected chi connectivity index (χ1v) is 6.05. The zero-order valence-electron chi connectivity index (χ0n) is 8.97.